The van der Waals surface area contributed by atoms with Gasteiger partial charge in [0, 0.05) is 18.0 Å². The molecule has 1 atom stereocenters. The molecule has 0 bridgehead atoms. The zero-order valence-corrected chi connectivity index (χ0v) is 8.31. The van der Waals surface area contributed by atoms with E-state index in [4.69, 9.17) is 11.6 Å². The lowest BCUT2D eigenvalue weighted by atomic mass is 9.97. The number of hydrogen-bond donors (Lipinski definition) is 2. The van der Waals surface area contributed by atoms with E-state index in [1.807, 2.05) is 0 Å². The van der Waals surface area contributed by atoms with Crippen molar-refractivity contribution in [2.24, 2.45) is 0 Å². The quantitative estimate of drug-likeness (QED) is 0.753. The lowest BCUT2D eigenvalue weighted by molar-refractivity contribution is 0.460. The maximum atomic E-state index is 13.0. The van der Waals surface area contributed by atoms with Crippen molar-refractivity contribution in [3.63, 3.8) is 0 Å². The van der Waals surface area contributed by atoms with E-state index in [-0.39, 0.29) is 16.7 Å². The van der Waals surface area contributed by atoms with Crippen molar-refractivity contribution in [2.75, 3.05) is 13.1 Å². The first-order valence-electron chi connectivity index (χ1n) is 4.57. The molecular formula is C10H11ClFNO. The average Bonchev–Trinajstić information content (AvgIpc) is 2.63. The van der Waals surface area contributed by atoms with E-state index in [1.165, 1.54) is 6.07 Å². The molecule has 1 heterocycles. The van der Waals surface area contributed by atoms with Crippen molar-refractivity contribution >= 4 is 11.6 Å². The third-order valence-corrected chi connectivity index (χ3v) is 2.85. The minimum Gasteiger partial charge on any atom is -0.506 e. The Kier molecular flexibility index (Phi) is 2.61. The minimum atomic E-state index is -0.394. The van der Waals surface area contributed by atoms with Gasteiger partial charge in [0.1, 0.15) is 11.6 Å². The third-order valence-electron chi connectivity index (χ3n) is 2.56. The first kappa shape index (κ1) is 9.74. The van der Waals surface area contributed by atoms with Crippen LogP contribution >= 0.6 is 11.6 Å². The monoisotopic (exact) mass is 215 g/mol. The van der Waals surface area contributed by atoms with Gasteiger partial charge in [-0.25, -0.2) is 4.39 Å². The third kappa shape index (κ3) is 1.70. The van der Waals surface area contributed by atoms with Crippen LogP contribution in [-0.4, -0.2) is 18.2 Å². The number of aromatic hydroxyl groups is 1. The molecule has 76 valence electrons. The Hall–Kier alpha value is -0.800. The molecule has 4 heteroatoms. The summed E-state index contributed by atoms with van der Waals surface area (Å²) in [5.74, 6) is -0.209. The summed E-state index contributed by atoms with van der Waals surface area (Å²) in [6.07, 6.45) is 0.910. The largest absolute Gasteiger partial charge is 0.506 e. The van der Waals surface area contributed by atoms with Crippen molar-refractivity contribution in [1.82, 2.24) is 5.32 Å². The summed E-state index contributed by atoms with van der Waals surface area (Å²) in [7, 11) is 0. The molecule has 0 radical (unpaired) electrons. The average molecular weight is 216 g/mol. The molecule has 1 fully saturated rings. The van der Waals surface area contributed by atoms with Crippen LogP contribution in [0.25, 0.3) is 0 Å². The maximum absolute atomic E-state index is 13.0. The van der Waals surface area contributed by atoms with E-state index >= 15 is 0 Å². The van der Waals surface area contributed by atoms with Crippen LogP contribution in [0.2, 0.25) is 5.02 Å². The fourth-order valence-electron chi connectivity index (χ4n) is 1.82. The molecule has 1 saturated heterocycles. The van der Waals surface area contributed by atoms with Gasteiger partial charge in [-0.2, -0.15) is 0 Å². The highest BCUT2D eigenvalue weighted by Gasteiger charge is 2.21. The van der Waals surface area contributed by atoms with Gasteiger partial charge in [-0.3, -0.25) is 0 Å². The molecular weight excluding hydrogens is 205 g/mol. The van der Waals surface area contributed by atoms with E-state index in [2.05, 4.69) is 5.32 Å². The van der Waals surface area contributed by atoms with E-state index in [9.17, 15) is 9.50 Å². The molecule has 0 saturated carbocycles. The number of rotatable bonds is 1. The van der Waals surface area contributed by atoms with Crippen LogP contribution in [0.1, 0.15) is 17.9 Å². The predicted octanol–water partition coefficient (Wildman–Crippen LogP) is 2.26. The Morgan fingerprint density at radius 2 is 2.29 bits per heavy atom. The van der Waals surface area contributed by atoms with Gasteiger partial charge in [0.2, 0.25) is 0 Å². The number of phenolic OH excluding ortho intramolecular Hbond substituents is 1. The van der Waals surface area contributed by atoms with Crippen LogP contribution in [0.4, 0.5) is 4.39 Å². The second kappa shape index (κ2) is 3.75. The number of nitrogens with one attached hydrogen (secondary N) is 1. The van der Waals surface area contributed by atoms with Crippen molar-refractivity contribution < 1.29 is 9.50 Å². The number of halogens is 2. The highest BCUT2D eigenvalue weighted by molar-refractivity contribution is 6.32. The fourth-order valence-corrected chi connectivity index (χ4v) is 2.03. The molecule has 2 rings (SSSR count). The Morgan fingerprint density at radius 1 is 1.50 bits per heavy atom. The van der Waals surface area contributed by atoms with Gasteiger partial charge in [-0.05, 0) is 25.1 Å². The van der Waals surface area contributed by atoms with E-state index in [0.717, 1.165) is 25.6 Å². The highest BCUT2D eigenvalue weighted by Crippen LogP contribution is 2.35. The van der Waals surface area contributed by atoms with Gasteiger partial charge >= 0.3 is 0 Å². The molecule has 0 amide bonds. The molecule has 0 spiro atoms. The molecule has 0 aliphatic carbocycles. The number of hydrogen-bond acceptors (Lipinski definition) is 2. The van der Waals surface area contributed by atoms with Gasteiger partial charge in [-0.15, -0.1) is 0 Å². The molecule has 1 unspecified atom stereocenters. The van der Waals surface area contributed by atoms with E-state index in [1.54, 1.807) is 0 Å². The zero-order chi connectivity index (χ0) is 10.1. The zero-order valence-electron chi connectivity index (χ0n) is 7.56. The smallest absolute Gasteiger partial charge is 0.137 e. The number of benzene rings is 1. The van der Waals surface area contributed by atoms with Crippen LogP contribution in [0.15, 0.2) is 12.1 Å². The van der Waals surface area contributed by atoms with Crippen LogP contribution in [0, 0.1) is 5.82 Å². The Labute approximate surface area is 86.7 Å². The van der Waals surface area contributed by atoms with Crippen LogP contribution in [0.3, 0.4) is 0 Å². The standard InChI is InChI=1S/C10H11ClFNO/c11-9-4-7(12)3-8(10(9)14)6-1-2-13-5-6/h3-4,6,13-14H,1-2,5H2. The lowest BCUT2D eigenvalue weighted by Gasteiger charge is -2.12. The molecule has 1 aliphatic rings. The fraction of sp³-hybridized carbons (Fsp3) is 0.400. The van der Waals surface area contributed by atoms with Gasteiger partial charge in [-0.1, -0.05) is 11.6 Å². The summed E-state index contributed by atoms with van der Waals surface area (Å²) >= 11 is 5.69. The summed E-state index contributed by atoms with van der Waals surface area (Å²) in [5.41, 5.74) is 0.611. The minimum absolute atomic E-state index is 0.0155. The Morgan fingerprint density at radius 3 is 2.93 bits per heavy atom. The summed E-state index contributed by atoms with van der Waals surface area (Å²) in [5, 5.41) is 12.9. The van der Waals surface area contributed by atoms with Gasteiger partial charge < -0.3 is 10.4 Å². The topological polar surface area (TPSA) is 32.3 Å². The van der Waals surface area contributed by atoms with Crippen molar-refractivity contribution in [2.45, 2.75) is 12.3 Å². The van der Waals surface area contributed by atoms with Crippen molar-refractivity contribution in [1.29, 1.82) is 0 Å². The molecule has 14 heavy (non-hydrogen) atoms. The van der Waals surface area contributed by atoms with Crippen LogP contribution in [0.5, 0.6) is 5.75 Å². The molecule has 1 aromatic carbocycles. The van der Waals surface area contributed by atoms with Gasteiger partial charge in [0.15, 0.2) is 0 Å². The Balaban J connectivity index is 2.40. The Bertz CT molecular complexity index is 350. The van der Waals surface area contributed by atoms with Crippen molar-refractivity contribution in [3.8, 4) is 5.75 Å². The van der Waals surface area contributed by atoms with E-state index in [0.29, 0.717) is 5.56 Å². The molecule has 0 aromatic heterocycles. The van der Waals surface area contributed by atoms with Crippen LogP contribution in [-0.2, 0) is 0 Å². The second-order valence-corrected chi connectivity index (χ2v) is 3.92. The lowest BCUT2D eigenvalue weighted by Crippen LogP contribution is -2.08. The summed E-state index contributed by atoms with van der Waals surface area (Å²) in [4.78, 5) is 0. The first-order valence-corrected chi connectivity index (χ1v) is 4.95. The van der Waals surface area contributed by atoms with Gasteiger partial charge in [0.05, 0.1) is 5.02 Å². The number of phenols is 1. The van der Waals surface area contributed by atoms with Crippen LogP contribution < -0.4 is 5.32 Å². The first-order chi connectivity index (χ1) is 6.68. The predicted molar refractivity (Wildman–Crippen MR) is 53.3 cm³/mol. The summed E-state index contributed by atoms with van der Waals surface area (Å²) in [6, 6.07) is 2.49. The summed E-state index contributed by atoms with van der Waals surface area (Å²) < 4.78 is 13.0. The van der Waals surface area contributed by atoms with E-state index < -0.39 is 5.82 Å². The molecule has 2 N–H and O–H groups in total. The normalized spacial score (nSPS) is 21.4. The molecule has 2 nitrogen and oxygen atoms in total. The SMILES string of the molecule is Oc1c(Cl)cc(F)cc1C1CCNC1. The molecule has 1 aliphatic heterocycles. The maximum Gasteiger partial charge on any atom is 0.137 e. The van der Waals surface area contributed by atoms with Crippen molar-refractivity contribution in [3.05, 3.63) is 28.5 Å². The molecule has 1 aromatic rings. The summed E-state index contributed by atoms with van der Waals surface area (Å²) in [6.45, 7) is 1.67. The van der Waals surface area contributed by atoms with Gasteiger partial charge in [0.25, 0.3) is 0 Å². The highest BCUT2D eigenvalue weighted by atomic mass is 35.5. The second-order valence-electron chi connectivity index (χ2n) is 3.52.